The molecule has 0 aliphatic heterocycles. The number of carbonyl (C=O) groups is 1. The van der Waals surface area contributed by atoms with E-state index in [-0.39, 0.29) is 0 Å². The van der Waals surface area contributed by atoms with E-state index in [9.17, 15) is 13.2 Å². The first-order chi connectivity index (χ1) is 4.39. The molecule has 6 nitrogen and oxygen atoms in total. The second-order valence-corrected chi connectivity index (χ2v) is 2.87. The van der Waals surface area contributed by atoms with E-state index in [4.69, 9.17) is 9.66 Å². The van der Waals surface area contributed by atoms with Crippen molar-refractivity contribution < 1.29 is 27.6 Å². The van der Waals surface area contributed by atoms with Gasteiger partial charge in [-0.15, -0.1) is 0 Å². The minimum atomic E-state index is -4.73. The summed E-state index contributed by atoms with van der Waals surface area (Å²) in [7, 11) is -3.85. The van der Waals surface area contributed by atoms with Gasteiger partial charge in [0.25, 0.3) is 5.44 Å². The summed E-state index contributed by atoms with van der Waals surface area (Å²) in [6.45, 7) is 0. The van der Waals surface area contributed by atoms with Gasteiger partial charge in [0.15, 0.2) is 0 Å². The molecular formula is C3H6O6S. The number of aliphatic hydroxyl groups excluding tert-OH is 1. The van der Waals surface area contributed by atoms with Gasteiger partial charge in [0, 0.05) is 0 Å². The van der Waals surface area contributed by atoms with Crippen molar-refractivity contribution in [1.82, 2.24) is 0 Å². The van der Waals surface area contributed by atoms with Crippen molar-refractivity contribution in [3.63, 3.8) is 0 Å². The van der Waals surface area contributed by atoms with Crippen LogP contribution in [0.1, 0.15) is 0 Å². The molecule has 0 rings (SSSR count). The largest absolute Gasteiger partial charge is 0.466 e. The second-order valence-electron chi connectivity index (χ2n) is 1.39. The van der Waals surface area contributed by atoms with E-state index in [1.54, 1.807) is 0 Å². The van der Waals surface area contributed by atoms with Crippen LogP contribution in [-0.2, 0) is 19.6 Å². The number of hydrogen-bond acceptors (Lipinski definition) is 5. The number of rotatable bonds is 2. The molecule has 7 heteroatoms. The molecule has 0 heterocycles. The van der Waals surface area contributed by atoms with Gasteiger partial charge in [-0.05, 0) is 0 Å². The minimum absolute atomic E-state index is 0.886. The van der Waals surface area contributed by atoms with Gasteiger partial charge in [0.05, 0.1) is 7.11 Å². The van der Waals surface area contributed by atoms with Crippen LogP contribution in [0.15, 0.2) is 0 Å². The molecule has 60 valence electrons. The van der Waals surface area contributed by atoms with Crippen LogP contribution in [0.4, 0.5) is 0 Å². The molecular weight excluding hydrogens is 164 g/mol. The fourth-order valence-electron chi connectivity index (χ4n) is 0.222. The van der Waals surface area contributed by atoms with E-state index >= 15 is 0 Å². The zero-order chi connectivity index (χ0) is 8.36. The lowest BCUT2D eigenvalue weighted by Gasteiger charge is -2.02. The molecule has 0 aromatic heterocycles. The van der Waals surface area contributed by atoms with Crippen LogP contribution in [0.2, 0.25) is 0 Å². The van der Waals surface area contributed by atoms with E-state index in [2.05, 4.69) is 4.74 Å². The highest BCUT2D eigenvalue weighted by Gasteiger charge is 2.28. The van der Waals surface area contributed by atoms with Gasteiger partial charge in [-0.25, -0.2) is 4.79 Å². The fraction of sp³-hybridized carbons (Fsp3) is 0.667. The molecule has 0 fully saturated rings. The van der Waals surface area contributed by atoms with E-state index in [0.29, 0.717) is 0 Å². The van der Waals surface area contributed by atoms with Crippen molar-refractivity contribution in [3.8, 4) is 0 Å². The van der Waals surface area contributed by atoms with Crippen LogP contribution in [0.25, 0.3) is 0 Å². The summed E-state index contributed by atoms with van der Waals surface area (Å²) in [4.78, 5) is 10.1. The van der Waals surface area contributed by atoms with Crippen LogP contribution in [-0.4, -0.2) is 36.6 Å². The zero-order valence-corrected chi connectivity index (χ0v) is 5.83. The van der Waals surface area contributed by atoms with E-state index in [0.717, 1.165) is 7.11 Å². The number of hydrogen-bond donors (Lipinski definition) is 2. The molecule has 0 aliphatic rings. The second kappa shape index (κ2) is 2.95. The Hall–Kier alpha value is -0.660. The summed E-state index contributed by atoms with van der Waals surface area (Å²) in [5.41, 5.74) is -2.50. The summed E-state index contributed by atoms with van der Waals surface area (Å²) in [5, 5.41) is 8.34. The van der Waals surface area contributed by atoms with E-state index in [1.807, 2.05) is 0 Å². The Labute approximate surface area is 57.2 Å². The molecule has 0 saturated heterocycles. The lowest BCUT2D eigenvalue weighted by molar-refractivity contribution is -0.146. The Morgan fingerprint density at radius 2 is 2.00 bits per heavy atom. The van der Waals surface area contributed by atoms with Gasteiger partial charge in [-0.3, -0.25) is 4.55 Å². The third-order valence-corrected chi connectivity index (χ3v) is 1.44. The average Bonchev–Trinajstić information content (AvgIpc) is 1.83. The van der Waals surface area contributed by atoms with Crippen LogP contribution < -0.4 is 0 Å². The Morgan fingerprint density at radius 1 is 1.60 bits per heavy atom. The molecule has 0 radical (unpaired) electrons. The Bertz CT molecular complexity index is 215. The van der Waals surface area contributed by atoms with Crippen molar-refractivity contribution in [2.24, 2.45) is 0 Å². The summed E-state index contributed by atoms with van der Waals surface area (Å²) in [6, 6.07) is 0. The van der Waals surface area contributed by atoms with Crippen LogP contribution in [0, 0.1) is 0 Å². The first-order valence-electron chi connectivity index (χ1n) is 2.11. The lowest BCUT2D eigenvalue weighted by atomic mass is 10.7. The summed E-state index contributed by atoms with van der Waals surface area (Å²) >= 11 is 0. The summed E-state index contributed by atoms with van der Waals surface area (Å²) < 4.78 is 31.7. The molecule has 0 aromatic carbocycles. The molecule has 0 aliphatic carbocycles. The van der Waals surface area contributed by atoms with Crippen molar-refractivity contribution in [2.75, 3.05) is 7.11 Å². The van der Waals surface area contributed by atoms with Gasteiger partial charge >= 0.3 is 16.1 Å². The molecule has 0 spiro atoms. The number of aliphatic hydroxyl groups is 1. The standard InChI is InChI=1S/C3H6O6S/c1-9-2(4)3(5)10(6,7)8/h3,5H,1H3,(H,6,7,8). The average molecular weight is 170 g/mol. The van der Waals surface area contributed by atoms with Crippen LogP contribution in [0.3, 0.4) is 0 Å². The highest BCUT2D eigenvalue weighted by molar-refractivity contribution is 7.87. The van der Waals surface area contributed by atoms with Crippen molar-refractivity contribution >= 4 is 16.1 Å². The smallest absolute Gasteiger partial charge is 0.353 e. The maximum absolute atomic E-state index is 10.1. The minimum Gasteiger partial charge on any atom is -0.466 e. The van der Waals surface area contributed by atoms with Crippen molar-refractivity contribution in [3.05, 3.63) is 0 Å². The maximum Gasteiger partial charge on any atom is 0.353 e. The number of carbonyl (C=O) groups excluding carboxylic acids is 1. The van der Waals surface area contributed by atoms with E-state index in [1.165, 1.54) is 0 Å². The van der Waals surface area contributed by atoms with Gasteiger partial charge in [-0.1, -0.05) is 0 Å². The molecule has 0 saturated carbocycles. The SMILES string of the molecule is COC(=O)C(O)S(=O)(=O)O. The third kappa shape index (κ3) is 2.29. The zero-order valence-electron chi connectivity index (χ0n) is 5.01. The van der Waals surface area contributed by atoms with Gasteiger partial charge < -0.3 is 9.84 Å². The third-order valence-electron chi connectivity index (χ3n) is 0.685. The molecule has 1 unspecified atom stereocenters. The molecule has 0 bridgehead atoms. The van der Waals surface area contributed by atoms with Crippen LogP contribution >= 0.6 is 0 Å². The topological polar surface area (TPSA) is 101 Å². The van der Waals surface area contributed by atoms with Gasteiger partial charge in [0.2, 0.25) is 0 Å². The lowest BCUT2D eigenvalue weighted by Crippen LogP contribution is -2.30. The van der Waals surface area contributed by atoms with Gasteiger partial charge in [0.1, 0.15) is 0 Å². The Kier molecular flexibility index (Phi) is 2.76. The maximum atomic E-state index is 10.1. The highest BCUT2D eigenvalue weighted by atomic mass is 32.2. The number of ether oxygens (including phenoxy) is 1. The molecule has 0 amide bonds. The van der Waals surface area contributed by atoms with E-state index < -0.39 is 21.5 Å². The first-order valence-corrected chi connectivity index (χ1v) is 3.62. The quantitative estimate of drug-likeness (QED) is 0.381. The Balaban J connectivity index is 4.39. The van der Waals surface area contributed by atoms with Crippen LogP contribution in [0.5, 0.6) is 0 Å². The molecule has 0 aromatic rings. The monoisotopic (exact) mass is 170 g/mol. The normalized spacial score (nSPS) is 14.3. The predicted molar refractivity (Wildman–Crippen MR) is 29.6 cm³/mol. The summed E-state index contributed by atoms with van der Waals surface area (Å²) in [6.07, 6.45) is 0. The predicted octanol–water partition coefficient (Wildman–Crippen LogP) is -1.63. The molecule has 10 heavy (non-hydrogen) atoms. The number of esters is 1. The molecule has 1 atom stereocenters. The summed E-state index contributed by atoms with van der Waals surface area (Å²) in [5.74, 6) is -1.41. The van der Waals surface area contributed by atoms with Crippen molar-refractivity contribution in [2.45, 2.75) is 5.44 Å². The highest BCUT2D eigenvalue weighted by Crippen LogP contribution is 1.95. The first kappa shape index (κ1) is 9.34. The van der Waals surface area contributed by atoms with Crippen molar-refractivity contribution in [1.29, 1.82) is 0 Å². The van der Waals surface area contributed by atoms with Gasteiger partial charge in [-0.2, -0.15) is 8.42 Å². The fourth-order valence-corrected chi connectivity index (χ4v) is 0.562. The molecule has 2 N–H and O–H groups in total. The Morgan fingerprint density at radius 3 is 2.10 bits per heavy atom. The number of methoxy groups -OCH3 is 1.